The van der Waals surface area contributed by atoms with Crippen LogP contribution in [0.5, 0.6) is 0 Å². The molecular formula is C44H51IO5. The van der Waals surface area contributed by atoms with Crippen molar-refractivity contribution >= 4 is 22.6 Å². The Balaban J connectivity index is 1.28. The zero-order valence-corrected chi connectivity index (χ0v) is 31.8. The number of alkyl halides is 1. The Hall–Kier alpha value is -2.85. The van der Waals surface area contributed by atoms with Crippen molar-refractivity contribution in [2.24, 2.45) is 5.92 Å². The first kappa shape index (κ1) is 36.9. The van der Waals surface area contributed by atoms with Gasteiger partial charge in [-0.3, -0.25) is 0 Å². The first-order valence-corrected chi connectivity index (χ1v) is 19.2. The Morgan fingerprint density at radius 1 is 0.860 bits per heavy atom. The van der Waals surface area contributed by atoms with Crippen molar-refractivity contribution in [2.45, 2.75) is 87.2 Å². The molecule has 0 saturated carbocycles. The van der Waals surface area contributed by atoms with Crippen molar-refractivity contribution in [1.82, 2.24) is 0 Å². The van der Waals surface area contributed by atoms with Crippen LogP contribution in [0.15, 0.2) is 116 Å². The fourth-order valence-electron chi connectivity index (χ4n) is 7.33. The van der Waals surface area contributed by atoms with E-state index in [1.54, 1.807) is 6.08 Å². The summed E-state index contributed by atoms with van der Waals surface area (Å²) >= 11 is 2.50. The lowest BCUT2D eigenvalue weighted by Gasteiger charge is -2.51. The van der Waals surface area contributed by atoms with Gasteiger partial charge in [-0.05, 0) is 72.1 Å². The van der Waals surface area contributed by atoms with Crippen LogP contribution in [0.4, 0.5) is 0 Å². The number of rotatable bonds is 17. The van der Waals surface area contributed by atoms with Crippen LogP contribution in [0, 0.1) is 12.8 Å². The van der Waals surface area contributed by atoms with E-state index in [0.29, 0.717) is 26.4 Å². The van der Waals surface area contributed by atoms with Crippen LogP contribution < -0.4 is 0 Å². The third-order valence-electron chi connectivity index (χ3n) is 10.4. The van der Waals surface area contributed by atoms with Crippen molar-refractivity contribution < 1.29 is 23.7 Å². The van der Waals surface area contributed by atoms with Crippen LogP contribution in [-0.4, -0.2) is 41.6 Å². The molecule has 5 nitrogen and oxygen atoms in total. The fourth-order valence-corrected chi connectivity index (χ4v) is 8.21. The van der Waals surface area contributed by atoms with Gasteiger partial charge in [0.05, 0.1) is 32.5 Å². The second kappa shape index (κ2) is 17.1. The average Bonchev–Trinajstić information content (AvgIpc) is 3.52. The summed E-state index contributed by atoms with van der Waals surface area (Å²) < 4.78 is 33.8. The number of unbranched alkanes of at least 4 members (excludes halogenated alkanes) is 1. The highest BCUT2D eigenvalue weighted by Gasteiger charge is 2.68. The second-order valence-electron chi connectivity index (χ2n) is 13.9. The lowest BCUT2D eigenvalue weighted by atomic mass is 9.76. The fraction of sp³-hybridized carbons (Fsp3) is 0.409. The van der Waals surface area contributed by atoms with E-state index in [9.17, 15) is 0 Å². The van der Waals surface area contributed by atoms with Crippen LogP contribution in [0.3, 0.4) is 0 Å². The SMILES string of the molecule is C=CCOCCCCc1ccc(Cc2cc([C@]34OC[C@](C(C)I)(O3)[C@@H](C)[C@H](OCc3ccccc3)[C@H]4OCc3ccccc3)ccc2C)cc1. The molecule has 2 aliphatic rings. The third kappa shape index (κ3) is 8.27. The quantitative estimate of drug-likeness (QED) is 0.0462. The molecule has 0 aromatic heterocycles. The van der Waals surface area contributed by atoms with Gasteiger partial charge in [-0.25, -0.2) is 0 Å². The van der Waals surface area contributed by atoms with Gasteiger partial charge in [-0.2, -0.15) is 0 Å². The first-order chi connectivity index (χ1) is 24.3. The lowest BCUT2D eigenvalue weighted by molar-refractivity contribution is -0.332. The number of benzene rings is 4. The number of hydrogen-bond donors (Lipinski definition) is 0. The topological polar surface area (TPSA) is 46.2 Å². The zero-order valence-electron chi connectivity index (χ0n) is 29.7. The molecule has 2 aliphatic heterocycles. The molecule has 2 fully saturated rings. The molecular weight excluding hydrogens is 735 g/mol. The van der Waals surface area contributed by atoms with E-state index < -0.39 is 17.5 Å². The number of ether oxygens (including phenoxy) is 5. The number of halogens is 1. The molecule has 50 heavy (non-hydrogen) atoms. The minimum atomic E-state index is -1.12. The van der Waals surface area contributed by atoms with Crippen LogP contribution >= 0.6 is 22.6 Å². The van der Waals surface area contributed by atoms with Gasteiger partial charge in [0.1, 0.15) is 11.7 Å². The molecule has 264 valence electrons. The highest BCUT2D eigenvalue weighted by molar-refractivity contribution is 14.1. The molecule has 6 atom stereocenters. The third-order valence-corrected chi connectivity index (χ3v) is 11.5. The van der Waals surface area contributed by atoms with E-state index >= 15 is 0 Å². The summed E-state index contributed by atoms with van der Waals surface area (Å²) in [7, 11) is 0. The maximum absolute atomic E-state index is 7.30. The molecule has 4 aromatic rings. The predicted molar refractivity (Wildman–Crippen MR) is 209 cm³/mol. The summed E-state index contributed by atoms with van der Waals surface area (Å²) in [5, 5.41) is 0. The lowest BCUT2D eigenvalue weighted by Crippen LogP contribution is -2.64. The number of hydrogen-bond acceptors (Lipinski definition) is 5. The number of fused-ring (bicyclic) bond motifs is 2. The summed E-state index contributed by atoms with van der Waals surface area (Å²) in [5.41, 5.74) is 7.80. The van der Waals surface area contributed by atoms with Crippen molar-refractivity contribution in [3.05, 3.63) is 155 Å². The smallest absolute Gasteiger partial charge is 0.225 e. The van der Waals surface area contributed by atoms with Crippen LogP contribution in [0.2, 0.25) is 0 Å². The highest BCUT2D eigenvalue weighted by Crippen LogP contribution is 2.56. The normalized spacial score (nSPS) is 25.0. The maximum atomic E-state index is 7.30. The van der Waals surface area contributed by atoms with Crippen molar-refractivity contribution in [3.63, 3.8) is 0 Å². The molecule has 2 saturated heterocycles. The Morgan fingerprint density at radius 2 is 1.52 bits per heavy atom. The summed E-state index contributed by atoms with van der Waals surface area (Å²) in [6.07, 6.45) is 5.07. The minimum absolute atomic E-state index is 0.0256. The van der Waals surface area contributed by atoms with E-state index in [0.717, 1.165) is 49.0 Å². The Labute approximate surface area is 312 Å². The van der Waals surface area contributed by atoms with Crippen LogP contribution in [-0.2, 0) is 55.5 Å². The molecule has 0 radical (unpaired) electrons. The van der Waals surface area contributed by atoms with Gasteiger partial charge in [0.2, 0.25) is 5.79 Å². The van der Waals surface area contributed by atoms with Gasteiger partial charge in [0, 0.05) is 22.0 Å². The molecule has 4 aromatic carbocycles. The van der Waals surface area contributed by atoms with Crippen LogP contribution in [0.1, 0.15) is 65.6 Å². The zero-order chi connectivity index (χ0) is 35.0. The van der Waals surface area contributed by atoms with Gasteiger partial charge >= 0.3 is 0 Å². The van der Waals surface area contributed by atoms with Gasteiger partial charge in [0.15, 0.2) is 0 Å². The number of aryl methyl sites for hydroxylation is 2. The standard InChI is InChI=1S/C44H51IO5/c1-5-25-46-26-13-12-14-35-20-22-36(23-21-35)27-39-28-40(24-19-32(39)2)44-42(48-30-38-17-10-7-11-18-38)41(47-29-37-15-8-6-9-16-37)33(3)43(50-44,31-49-44)34(4)45/h5-11,15-24,28,33-34,41-42H,1,12-14,25-27,29-31H2,2-4H3/t33-,34?,41-,42+,43-,44-/m0/s1. The van der Waals surface area contributed by atoms with Crippen molar-refractivity contribution in [3.8, 4) is 0 Å². The summed E-state index contributed by atoms with van der Waals surface area (Å²) in [6.45, 7) is 13.1. The molecule has 0 aliphatic carbocycles. The summed E-state index contributed by atoms with van der Waals surface area (Å²) in [6, 6.07) is 36.4. The molecule has 0 amide bonds. The molecule has 6 rings (SSSR count). The molecule has 1 unspecified atom stereocenters. The monoisotopic (exact) mass is 786 g/mol. The summed E-state index contributed by atoms with van der Waals surface area (Å²) in [4.78, 5) is 0. The van der Waals surface area contributed by atoms with E-state index in [-0.39, 0.29) is 15.9 Å². The van der Waals surface area contributed by atoms with E-state index in [1.807, 2.05) is 24.3 Å². The van der Waals surface area contributed by atoms with Gasteiger partial charge < -0.3 is 23.7 Å². The van der Waals surface area contributed by atoms with E-state index in [1.165, 1.54) is 22.3 Å². The average molecular weight is 787 g/mol. The largest absolute Gasteiger partial charge is 0.377 e. The van der Waals surface area contributed by atoms with Gasteiger partial charge in [-0.1, -0.05) is 140 Å². The van der Waals surface area contributed by atoms with E-state index in [4.69, 9.17) is 23.7 Å². The Bertz CT molecular complexity index is 1660. The van der Waals surface area contributed by atoms with Crippen molar-refractivity contribution in [1.29, 1.82) is 0 Å². The van der Waals surface area contributed by atoms with E-state index in [2.05, 4.69) is 129 Å². The summed E-state index contributed by atoms with van der Waals surface area (Å²) in [5.74, 6) is -1.10. The Kier molecular flexibility index (Phi) is 12.6. The van der Waals surface area contributed by atoms with Gasteiger partial charge in [-0.15, -0.1) is 6.58 Å². The van der Waals surface area contributed by atoms with Gasteiger partial charge in [0.25, 0.3) is 0 Å². The van der Waals surface area contributed by atoms with Crippen molar-refractivity contribution in [2.75, 3.05) is 19.8 Å². The molecule has 2 bridgehead atoms. The maximum Gasteiger partial charge on any atom is 0.225 e. The molecule has 6 heteroatoms. The molecule has 2 heterocycles. The highest BCUT2D eigenvalue weighted by atomic mass is 127. The minimum Gasteiger partial charge on any atom is -0.377 e. The Morgan fingerprint density at radius 3 is 2.18 bits per heavy atom. The first-order valence-electron chi connectivity index (χ1n) is 18.0. The van der Waals surface area contributed by atoms with Crippen LogP contribution in [0.25, 0.3) is 0 Å². The molecule has 0 N–H and O–H groups in total. The predicted octanol–water partition coefficient (Wildman–Crippen LogP) is 9.69. The second-order valence-corrected chi connectivity index (χ2v) is 15.7. The molecule has 0 spiro atoms.